The summed E-state index contributed by atoms with van der Waals surface area (Å²) >= 11 is 1.70. The van der Waals surface area contributed by atoms with Crippen LogP contribution >= 0.6 is 11.3 Å². The van der Waals surface area contributed by atoms with Crippen molar-refractivity contribution in [3.05, 3.63) is 22.4 Å². The summed E-state index contributed by atoms with van der Waals surface area (Å²) in [5.74, 6) is 0.318. The fraction of sp³-hybridized carbons (Fsp3) is 0.643. The molecule has 1 aliphatic heterocycles. The first kappa shape index (κ1) is 13.6. The van der Waals surface area contributed by atoms with Gasteiger partial charge in [0.05, 0.1) is 0 Å². The Morgan fingerprint density at radius 3 is 2.83 bits per heavy atom. The number of hydrogen-bond acceptors (Lipinski definition) is 3. The highest BCUT2D eigenvalue weighted by Gasteiger charge is 2.25. The first-order valence-corrected chi connectivity index (χ1v) is 7.42. The van der Waals surface area contributed by atoms with Crippen molar-refractivity contribution in [2.45, 2.75) is 32.1 Å². The lowest BCUT2D eigenvalue weighted by molar-refractivity contribution is -0.128. The van der Waals surface area contributed by atoms with E-state index in [1.165, 1.54) is 5.56 Å². The van der Waals surface area contributed by atoms with E-state index in [1.54, 1.807) is 11.3 Å². The molecule has 1 fully saturated rings. The number of ether oxygens (including phenoxy) is 1. The minimum absolute atomic E-state index is 0.000820. The summed E-state index contributed by atoms with van der Waals surface area (Å²) in [4.78, 5) is 12.1. The van der Waals surface area contributed by atoms with E-state index in [9.17, 15) is 4.79 Å². The molecule has 0 saturated carbocycles. The van der Waals surface area contributed by atoms with Gasteiger partial charge in [-0.3, -0.25) is 4.79 Å². The number of amides is 1. The van der Waals surface area contributed by atoms with Gasteiger partial charge in [-0.2, -0.15) is 11.3 Å². The third kappa shape index (κ3) is 3.33. The van der Waals surface area contributed by atoms with Crippen molar-refractivity contribution in [2.75, 3.05) is 19.8 Å². The standard InChI is InChI=1S/C14H21NO2S/c1-14(2,12-5-8-18-9-12)10-15-13(16)11-3-6-17-7-4-11/h5,8-9,11H,3-4,6-7,10H2,1-2H3,(H,15,16). The maximum atomic E-state index is 12.1. The van der Waals surface area contributed by atoms with Gasteiger partial charge in [-0.1, -0.05) is 13.8 Å². The van der Waals surface area contributed by atoms with E-state index >= 15 is 0 Å². The molecular formula is C14H21NO2S. The van der Waals surface area contributed by atoms with Crippen molar-refractivity contribution in [3.8, 4) is 0 Å². The first-order chi connectivity index (χ1) is 8.59. The number of carbonyl (C=O) groups excluding carboxylic acids is 1. The predicted molar refractivity (Wildman–Crippen MR) is 73.9 cm³/mol. The van der Waals surface area contributed by atoms with Gasteiger partial charge in [0, 0.05) is 31.1 Å². The molecule has 0 bridgehead atoms. The molecular weight excluding hydrogens is 246 g/mol. The lowest BCUT2D eigenvalue weighted by atomic mass is 9.86. The van der Waals surface area contributed by atoms with E-state index < -0.39 is 0 Å². The third-order valence-corrected chi connectivity index (χ3v) is 4.28. The van der Waals surface area contributed by atoms with Crippen LogP contribution in [0.5, 0.6) is 0 Å². The molecule has 0 atom stereocenters. The largest absolute Gasteiger partial charge is 0.381 e. The predicted octanol–water partition coefficient (Wildman–Crippen LogP) is 2.57. The zero-order valence-electron chi connectivity index (χ0n) is 11.1. The topological polar surface area (TPSA) is 38.3 Å². The molecule has 0 spiro atoms. The highest BCUT2D eigenvalue weighted by molar-refractivity contribution is 7.08. The fourth-order valence-corrected chi connectivity index (χ4v) is 3.01. The summed E-state index contributed by atoms with van der Waals surface area (Å²) in [7, 11) is 0. The average molecular weight is 267 g/mol. The molecule has 1 N–H and O–H groups in total. The van der Waals surface area contributed by atoms with Crippen molar-refractivity contribution in [3.63, 3.8) is 0 Å². The SMILES string of the molecule is CC(C)(CNC(=O)C1CCOCC1)c1ccsc1. The Hall–Kier alpha value is -0.870. The summed E-state index contributed by atoms with van der Waals surface area (Å²) in [5.41, 5.74) is 1.29. The number of nitrogens with one attached hydrogen (secondary N) is 1. The lowest BCUT2D eigenvalue weighted by Gasteiger charge is -2.27. The Balaban J connectivity index is 1.85. The molecule has 1 saturated heterocycles. The van der Waals surface area contributed by atoms with Gasteiger partial charge in [-0.05, 0) is 35.2 Å². The van der Waals surface area contributed by atoms with Gasteiger partial charge < -0.3 is 10.1 Å². The quantitative estimate of drug-likeness (QED) is 0.910. The third-order valence-electron chi connectivity index (χ3n) is 3.60. The molecule has 2 rings (SSSR count). The molecule has 18 heavy (non-hydrogen) atoms. The van der Waals surface area contributed by atoms with E-state index in [0.29, 0.717) is 19.8 Å². The second-order valence-corrected chi connectivity index (χ2v) is 6.28. The maximum Gasteiger partial charge on any atom is 0.223 e. The summed E-state index contributed by atoms with van der Waals surface area (Å²) in [5, 5.41) is 7.33. The Morgan fingerprint density at radius 1 is 1.50 bits per heavy atom. The smallest absolute Gasteiger partial charge is 0.223 e. The maximum absolute atomic E-state index is 12.1. The van der Waals surface area contributed by atoms with Crippen LogP contribution in [0.3, 0.4) is 0 Å². The van der Waals surface area contributed by atoms with Crippen LogP contribution in [-0.2, 0) is 14.9 Å². The number of rotatable bonds is 4. The molecule has 1 aliphatic rings. The molecule has 100 valence electrons. The van der Waals surface area contributed by atoms with E-state index in [-0.39, 0.29) is 17.2 Å². The highest BCUT2D eigenvalue weighted by atomic mass is 32.1. The van der Waals surface area contributed by atoms with E-state index in [4.69, 9.17) is 4.74 Å². The van der Waals surface area contributed by atoms with Gasteiger partial charge in [0.1, 0.15) is 0 Å². The van der Waals surface area contributed by atoms with Gasteiger partial charge in [-0.15, -0.1) is 0 Å². The van der Waals surface area contributed by atoms with E-state index in [2.05, 4.69) is 36.0 Å². The highest BCUT2D eigenvalue weighted by Crippen LogP contribution is 2.24. The van der Waals surface area contributed by atoms with Crippen LogP contribution in [0.1, 0.15) is 32.3 Å². The zero-order chi connectivity index (χ0) is 13.0. The van der Waals surface area contributed by atoms with Gasteiger partial charge in [0.15, 0.2) is 0 Å². The summed E-state index contributed by atoms with van der Waals surface area (Å²) < 4.78 is 5.28. The van der Waals surface area contributed by atoms with Crippen molar-refractivity contribution in [1.82, 2.24) is 5.32 Å². The average Bonchev–Trinajstić information content (AvgIpc) is 2.92. The molecule has 1 aromatic rings. The fourth-order valence-electron chi connectivity index (χ4n) is 2.16. The Labute approximate surface area is 113 Å². The number of carbonyl (C=O) groups is 1. The van der Waals surface area contributed by atoms with Crippen LogP contribution in [0.15, 0.2) is 16.8 Å². The summed E-state index contributed by atoms with van der Waals surface area (Å²) in [6, 6.07) is 2.13. The van der Waals surface area contributed by atoms with E-state index in [0.717, 1.165) is 12.8 Å². The van der Waals surface area contributed by atoms with Crippen LogP contribution < -0.4 is 5.32 Å². The minimum atomic E-state index is 0.000820. The molecule has 0 aliphatic carbocycles. The van der Waals surface area contributed by atoms with Gasteiger partial charge in [-0.25, -0.2) is 0 Å². The normalized spacial score (nSPS) is 17.7. The van der Waals surface area contributed by atoms with Crippen LogP contribution in [0, 0.1) is 5.92 Å². The molecule has 1 amide bonds. The summed E-state index contributed by atoms with van der Waals surface area (Å²) in [6.07, 6.45) is 1.70. The minimum Gasteiger partial charge on any atom is -0.381 e. The van der Waals surface area contributed by atoms with Crippen molar-refractivity contribution in [2.24, 2.45) is 5.92 Å². The van der Waals surface area contributed by atoms with Crippen molar-refractivity contribution < 1.29 is 9.53 Å². The van der Waals surface area contributed by atoms with Crippen LogP contribution in [0.4, 0.5) is 0 Å². The Kier molecular flexibility index (Phi) is 4.40. The lowest BCUT2D eigenvalue weighted by Crippen LogP contribution is -2.41. The molecule has 2 heterocycles. The molecule has 1 aromatic heterocycles. The second kappa shape index (κ2) is 5.85. The second-order valence-electron chi connectivity index (χ2n) is 5.50. The van der Waals surface area contributed by atoms with E-state index in [1.807, 2.05) is 0 Å². The molecule has 0 radical (unpaired) electrons. The Morgan fingerprint density at radius 2 is 2.22 bits per heavy atom. The molecule has 0 unspecified atom stereocenters. The Bertz CT molecular complexity index is 381. The first-order valence-electron chi connectivity index (χ1n) is 6.48. The molecule has 0 aromatic carbocycles. The van der Waals surface area contributed by atoms with Crippen LogP contribution in [-0.4, -0.2) is 25.7 Å². The summed E-state index contributed by atoms with van der Waals surface area (Å²) in [6.45, 7) is 6.45. The van der Waals surface area contributed by atoms with Gasteiger partial charge >= 0.3 is 0 Å². The number of hydrogen-bond donors (Lipinski definition) is 1. The monoisotopic (exact) mass is 267 g/mol. The van der Waals surface area contributed by atoms with Crippen LogP contribution in [0.2, 0.25) is 0 Å². The van der Waals surface area contributed by atoms with Crippen molar-refractivity contribution >= 4 is 17.2 Å². The van der Waals surface area contributed by atoms with Crippen LogP contribution in [0.25, 0.3) is 0 Å². The van der Waals surface area contributed by atoms with Gasteiger partial charge in [0.25, 0.3) is 0 Å². The molecule has 4 heteroatoms. The van der Waals surface area contributed by atoms with Gasteiger partial charge in [0.2, 0.25) is 5.91 Å². The molecule has 3 nitrogen and oxygen atoms in total. The number of thiophene rings is 1. The zero-order valence-corrected chi connectivity index (χ0v) is 11.9. The van der Waals surface area contributed by atoms with Crippen molar-refractivity contribution in [1.29, 1.82) is 0 Å².